The summed E-state index contributed by atoms with van der Waals surface area (Å²) in [5, 5.41) is 21.2. The summed E-state index contributed by atoms with van der Waals surface area (Å²) in [4.78, 5) is 0. The molecular formula is C10H17NO3. The lowest BCUT2D eigenvalue weighted by Crippen LogP contribution is -2.34. The highest BCUT2D eigenvalue weighted by atomic mass is 16.4. The minimum atomic E-state index is -0.716. The van der Waals surface area contributed by atoms with Crippen LogP contribution in [0.15, 0.2) is 16.5 Å². The van der Waals surface area contributed by atoms with Gasteiger partial charge in [-0.25, -0.2) is 0 Å². The zero-order valence-corrected chi connectivity index (χ0v) is 8.58. The first-order valence-electron chi connectivity index (χ1n) is 4.63. The van der Waals surface area contributed by atoms with Gasteiger partial charge in [0.1, 0.15) is 18.1 Å². The van der Waals surface area contributed by atoms with Crippen molar-refractivity contribution in [2.45, 2.75) is 32.6 Å². The highest BCUT2D eigenvalue weighted by Gasteiger charge is 2.11. The van der Waals surface area contributed by atoms with Gasteiger partial charge in [0, 0.05) is 6.54 Å². The Kier molecular flexibility index (Phi) is 3.69. The van der Waals surface area contributed by atoms with Crippen LogP contribution in [0.2, 0.25) is 0 Å². The third kappa shape index (κ3) is 3.91. The monoisotopic (exact) mass is 199 g/mol. The van der Waals surface area contributed by atoms with Crippen LogP contribution >= 0.6 is 0 Å². The van der Waals surface area contributed by atoms with Gasteiger partial charge in [0.05, 0.1) is 12.1 Å². The molecule has 80 valence electrons. The summed E-state index contributed by atoms with van der Waals surface area (Å²) in [6, 6.07) is 3.55. The molecule has 14 heavy (non-hydrogen) atoms. The number of aliphatic hydroxyl groups excluding tert-OH is 1. The predicted molar refractivity (Wildman–Crippen MR) is 52.6 cm³/mol. The molecule has 0 atom stereocenters. The van der Waals surface area contributed by atoms with E-state index in [1.807, 2.05) is 6.07 Å². The molecule has 4 nitrogen and oxygen atoms in total. The molecule has 0 bridgehead atoms. The standard InChI is InChI=1S/C10H17NO3/c1-10(2,13)7-11-5-8-3-4-9(6-12)14-8/h3-4,11-13H,5-7H2,1-2H3. The van der Waals surface area contributed by atoms with Crippen LogP contribution in [-0.2, 0) is 13.2 Å². The molecular weight excluding hydrogens is 182 g/mol. The molecule has 4 heteroatoms. The Labute approximate surface area is 83.6 Å². The van der Waals surface area contributed by atoms with Crippen LogP contribution in [-0.4, -0.2) is 22.4 Å². The summed E-state index contributed by atoms with van der Waals surface area (Å²) in [6.07, 6.45) is 0. The molecule has 0 aromatic carbocycles. The molecule has 3 N–H and O–H groups in total. The molecule has 0 spiro atoms. The van der Waals surface area contributed by atoms with Crippen LogP contribution in [0.5, 0.6) is 0 Å². The minimum Gasteiger partial charge on any atom is -0.462 e. The Morgan fingerprint density at radius 2 is 2.00 bits per heavy atom. The van der Waals surface area contributed by atoms with Crippen molar-refractivity contribution in [3.05, 3.63) is 23.7 Å². The van der Waals surface area contributed by atoms with Crippen molar-refractivity contribution >= 4 is 0 Å². The first kappa shape index (κ1) is 11.2. The third-order valence-electron chi connectivity index (χ3n) is 1.73. The fourth-order valence-corrected chi connectivity index (χ4v) is 1.09. The summed E-state index contributed by atoms with van der Waals surface area (Å²) in [6.45, 7) is 4.46. The van der Waals surface area contributed by atoms with Gasteiger partial charge in [-0.1, -0.05) is 0 Å². The molecule has 0 fully saturated rings. The van der Waals surface area contributed by atoms with Crippen molar-refractivity contribution in [1.29, 1.82) is 0 Å². The van der Waals surface area contributed by atoms with Gasteiger partial charge in [0.25, 0.3) is 0 Å². The van der Waals surface area contributed by atoms with E-state index in [1.54, 1.807) is 19.9 Å². The van der Waals surface area contributed by atoms with E-state index in [2.05, 4.69) is 5.32 Å². The third-order valence-corrected chi connectivity index (χ3v) is 1.73. The molecule has 0 aliphatic carbocycles. The number of furan rings is 1. The summed E-state index contributed by atoms with van der Waals surface area (Å²) < 4.78 is 5.25. The van der Waals surface area contributed by atoms with Crippen molar-refractivity contribution in [2.24, 2.45) is 0 Å². The van der Waals surface area contributed by atoms with Crippen LogP contribution in [0.1, 0.15) is 25.4 Å². The Bertz CT molecular complexity index is 275. The smallest absolute Gasteiger partial charge is 0.129 e. The van der Waals surface area contributed by atoms with Gasteiger partial charge in [0.15, 0.2) is 0 Å². The highest BCUT2D eigenvalue weighted by molar-refractivity contribution is 5.06. The van der Waals surface area contributed by atoms with E-state index >= 15 is 0 Å². The molecule has 1 aromatic heterocycles. The lowest BCUT2D eigenvalue weighted by molar-refractivity contribution is 0.0789. The van der Waals surface area contributed by atoms with E-state index in [9.17, 15) is 5.11 Å². The maximum atomic E-state index is 9.41. The summed E-state index contributed by atoms with van der Waals surface area (Å²) in [5.74, 6) is 1.32. The maximum absolute atomic E-state index is 9.41. The van der Waals surface area contributed by atoms with Crippen LogP contribution in [0, 0.1) is 0 Å². The van der Waals surface area contributed by atoms with Gasteiger partial charge >= 0.3 is 0 Å². The second-order valence-electron chi connectivity index (χ2n) is 3.94. The van der Waals surface area contributed by atoms with Crippen LogP contribution in [0.4, 0.5) is 0 Å². The van der Waals surface area contributed by atoms with Crippen LogP contribution in [0.3, 0.4) is 0 Å². The zero-order chi connectivity index (χ0) is 10.6. The summed E-state index contributed by atoms with van der Waals surface area (Å²) in [5.41, 5.74) is -0.716. The first-order chi connectivity index (χ1) is 6.51. The van der Waals surface area contributed by atoms with E-state index < -0.39 is 5.60 Å². The molecule has 0 aliphatic rings. The molecule has 1 aromatic rings. The first-order valence-corrected chi connectivity index (χ1v) is 4.63. The Hall–Kier alpha value is -0.840. The van der Waals surface area contributed by atoms with Gasteiger partial charge in [0.2, 0.25) is 0 Å². The van der Waals surface area contributed by atoms with Crippen molar-refractivity contribution < 1.29 is 14.6 Å². The quantitative estimate of drug-likeness (QED) is 0.651. The fraction of sp³-hybridized carbons (Fsp3) is 0.600. The second kappa shape index (κ2) is 4.59. The second-order valence-corrected chi connectivity index (χ2v) is 3.94. The van der Waals surface area contributed by atoms with Crippen molar-refractivity contribution in [2.75, 3.05) is 6.54 Å². The average Bonchev–Trinajstić information content (AvgIpc) is 2.50. The van der Waals surface area contributed by atoms with E-state index in [0.717, 1.165) is 5.76 Å². The Balaban J connectivity index is 2.31. The van der Waals surface area contributed by atoms with Crippen molar-refractivity contribution in [3.8, 4) is 0 Å². The predicted octanol–water partition coefficient (Wildman–Crippen LogP) is 0.632. The van der Waals surface area contributed by atoms with Gasteiger partial charge in [-0.15, -0.1) is 0 Å². The SMILES string of the molecule is CC(C)(O)CNCc1ccc(CO)o1. The van der Waals surface area contributed by atoms with E-state index in [1.165, 1.54) is 0 Å². The maximum Gasteiger partial charge on any atom is 0.129 e. The summed E-state index contributed by atoms with van der Waals surface area (Å²) in [7, 11) is 0. The van der Waals surface area contributed by atoms with Gasteiger partial charge in [-0.05, 0) is 26.0 Å². The number of hydrogen-bond acceptors (Lipinski definition) is 4. The molecule has 0 aliphatic heterocycles. The zero-order valence-electron chi connectivity index (χ0n) is 8.58. The number of nitrogens with one attached hydrogen (secondary N) is 1. The highest BCUT2D eigenvalue weighted by Crippen LogP contribution is 2.07. The molecule has 0 saturated heterocycles. The molecule has 1 heterocycles. The normalized spacial score (nSPS) is 12.0. The Morgan fingerprint density at radius 1 is 1.36 bits per heavy atom. The van der Waals surface area contributed by atoms with Crippen LogP contribution < -0.4 is 5.32 Å². The number of hydrogen-bond donors (Lipinski definition) is 3. The van der Waals surface area contributed by atoms with Crippen LogP contribution in [0.25, 0.3) is 0 Å². The molecule has 0 saturated carbocycles. The largest absolute Gasteiger partial charge is 0.462 e. The van der Waals surface area contributed by atoms with Crippen molar-refractivity contribution in [1.82, 2.24) is 5.32 Å². The molecule has 0 unspecified atom stereocenters. The lowest BCUT2D eigenvalue weighted by atomic mass is 10.1. The molecule has 1 rings (SSSR count). The summed E-state index contributed by atoms with van der Waals surface area (Å²) >= 11 is 0. The lowest BCUT2D eigenvalue weighted by Gasteiger charge is -2.16. The number of aliphatic hydroxyl groups is 2. The minimum absolute atomic E-state index is 0.0779. The molecule has 0 amide bonds. The number of rotatable bonds is 5. The van der Waals surface area contributed by atoms with Gasteiger partial charge < -0.3 is 19.9 Å². The molecule has 0 radical (unpaired) electrons. The van der Waals surface area contributed by atoms with E-state index in [0.29, 0.717) is 18.8 Å². The Morgan fingerprint density at radius 3 is 2.50 bits per heavy atom. The van der Waals surface area contributed by atoms with Crippen molar-refractivity contribution in [3.63, 3.8) is 0 Å². The van der Waals surface area contributed by atoms with Gasteiger partial charge in [-0.2, -0.15) is 0 Å². The fourth-order valence-electron chi connectivity index (χ4n) is 1.09. The average molecular weight is 199 g/mol. The van der Waals surface area contributed by atoms with E-state index in [4.69, 9.17) is 9.52 Å². The van der Waals surface area contributed by atoms with E-state index in [-0.39, 0.29) is 6.61 Å². The van der Waals surface area contributed by atoms with Gasteiger partial charge in [-0.3, -0.25) is 0 Å². The topological polar surface area (TPSA) is 65.6 Å².